The zero-order valence-electron chi connectivity index (χ0n) is 30.8. The van der Waals surface area contributed by atoms with Gasteiger partial charge in [0.15, 0.2) is 6.61 Å². The molecule has 2 N–H and O–H groups in total. The molecule has 0 bridgehead atoms. The van der Waals surface area contributed by atoms with Crippen LogP contribution in [0, 0.1) is 6.92 Å². The molecule has 17 heteroatoms. The molecule has 54 heavy (non-hydrogen) atoms. The van der Waals surface area contributed by atoms with Crippen molar-refractivity contribution in [2.45, 2.75) is 83.1 Å². The average Bonchev–Trinajstić information content (AvgIpc) is 3.61. The number of aryl methyl sites for hydroxylation is 1. The van der Waals surface area contributed by atoms with Gasteiger partial charge in [-0.3, -0.25) is 24.0 Å². The number of carbonyl (C=O) groups is 7. The molecule has 2 aliphatic rings. The zero-order valence-corrected chi connectivity index (χ0v) is 32.4. The van der Waals surface area contributed by atoms with Gasteiger partial charge in [0.25, 0.3) is 17.7 Å². The van der Waals surface area contributed by atoms with Crippen LogP contribution in [-0.4, -0.2) is 81.9 Å². The smallest absolute Gasteiger partial charge is 0.370 e. The highest BCUT2D eigenvalue weighted by atomic mass is 33.1. The van der Waals surface area contributed by atoms with Crippen LogP contribution < -0.4 is 20.1 Å². The van der Waals surface area contributed by atoms with Crippen molar-refractivity contribution in [2.75, 3.05) is 19.5 Å². The molecular weight excluding hydrogens is 741 g/mol. The second-order valence-electron chi connectivity index (χ2n) is 13.4. The zero-order chi connectivity index (χ0) is 39.6. The number of nitrogens with zero attached hydrogens (tertiary/aromatic N) is 2. The van der Waals surface area contributed by atoms with Gasteiger partial charge < -0.3 is 29.8 Å². The molecule has 5 amide bonds. The summed E-state index contributed by atoms with van der Waals surface area (Å²) in [5, 5.41) is 7.06. The summed E-state index contributed by atoms with van der Waals surface area (Å²) in [6, 6.07) is 10.3. The lowest BCUT2D eigenvalue weighted by Crippen LogP contribution is -2.49. The number of benzene rings is 2. The number of carbonyl (C=O) groups excluding carboxylic acids is 7. The maximum atomic E-state index is 14.1. The minimum atomic E-state index is -1.04. The molecule has 2 saturated heterocycles. The van der Waals surface area contributed by atoms with Crippen LogP contribution in [0.15, 0.2) is 54.7 Å². The van der Waals surface area contributed by atoms with Gasteiger partial charge in [-0.1, -0.05) is 73.2 Å². The first-order valence-corrected chi connectivity index (χ1v) is 19.4. The fraction of sp³-hybridized carbons (Fsp3) is 0.432. The first-order valence-electron chi connectivity index (χ1n) is 17.1. The summed E-state index contributed by atoms with van der Waals surface area (Å²) in [5.41, 5.74) is 2.56. The van der Waals surface area contributed by atoms with Crippen molar-refractivity contribution in [3.05, 3.63) is 71.4 Å². The van der Waals surface area contributed by atoms with Gasteiger partial charge >= 0.3 is 11.9 Å². The molecule has 2 atom stereocenters. The van der Waals surface area contributed by atoms with E-state index in [1.165, 1.54) is 28.7 Å². The molecule has 0 radical (unpaired) electrons. The minimum Gasteiger partial charge on any atom is -0.496 e. The summed E-state index contributed by atoms with van der Waals surface area (Å²) in [6.45, 7) is 11.2. The Morgan fingerprint density at radius 2 is 1.48 bits per heavy atom. The van der Waals surface area contributed by atoms with Gasteiger partial charge in [0.1, 0.15) is 17.5 Å². The molecule has 4 rings (SSSR count). The van der Waals surface area contributed by atoms with Gasteiger partial charge in [0.05, 0.1) is 25.3 Å². The Kier molecular flexibility index (Phi) is 14.5. The number of hydrogen-bond acceptors (Lipinski definition) is 13. The molecule has 2 fully saturated rings. The molecular formula is C37H44N4O11S2. The highest BCUT2D eigenvalue weighted by molar-refractivity contribution is 8.77. The molecule has 0 aliphatic carbocycles. The van der Waals surface area contributed by atoms with Crippen LogP contribution in [-0.2, 0) is 43.2 Å². The number of hydrogen-bond donors (Lipinski definition) is 2. The van der Waals surface area contributed by atoms with Crippen LogP contribution >= 0.6 is 21.6 Å². The third kappa shape index (κ3) is 12.0. The number of amides is 5. The molecule has 2 aromatic carbocycles. The average molecular weight is 785 g/mol. The fourth-order valence-corrected chi connectivity index (χ4v) is 7.63. The Balaban J connectivity index is 1.49. The third-order valence-electron chi connectivity index (χ3n) is 7.84. The standard InChI is InChI=1S/C37H44N4O11S2/c1-22-7-13-26(28(19-22)49-6)35(24-9-11-25(12-10-24)50-20-34(47)52-40-23(2)8-15-30(40)43)39-36(48)27(21-53-54-37(3,4)5)38-29(42)14-18-33(46)51-41-31(44)16-17-32(41)45/h7,9-13,19,27,35H,2,8,14-18,20-21H2,1,3-6H3,(H,38,42)(H,39,48). The predicted octanol–water partition coefficient (Wildman–Crippen LogP) is 4.23. The van der Waals surface area contributed by atoms with E-state index in [9.17, 15) is 33.6 Å². The van der Waals surface area contributed by atoms with Crippen molar-refractivity contribution in [1.82, 2.24) is 20.8 Å². The fourth-order valence-electron chi connectivity index (χ4n) is 5.16. The number of hydroxylamine groups is 4. The van der Waals surface area contributed by atoms with E-state index in [0.29, 0.717) is 39.8 Å². The molecule has 2 aliphatic heterocycles. The molecule has 0 spiro atoms. The van der Waals surface area contributed by atoms with Crippen LogP contribution in [0.2, 0.25) is 0 Å². The summed E-state index contributed by atoms with van der Waals surface area (Å²) < 4.78 is 11.1. The Bertz CT molecular complexity index is 1750. The number of ether oxygens (including phenoxy) is 2. The molecule has 0 aromatic heterocycles. The maximum absolute atomic E-state index is 14.1. The van der Waals surface area contributed by atoms with Crippen LogP contribution in [0.1, 0.15) is 82.0 Å². The Labute approximate surface area is 321 Å². The van der Waals surface area contributed by atoms with E-state index in [1.807, 2.05) is 45.9 Å². The quantitative estimate of drug-likeness (QED) is 0.172. The normalized spacial score (nSPS) is 15.5. The van der Waals surface area contributed by atoms with Gasteiger partial charge in [-0.15, -0.1) is 10.1 Å². The summed E-state index contributed by atoms with van der Waals surface area (Å²) >= 11 is 0. The number of methoxy groups -OCH3 is 1. The van der Waals surface area contributed by atoms with Crippen molar-refractivity contribution in [3.63, 3.8) is 0 Å². The van der Waals surface area contributed by atoms with Crippen molar-refractivity contribution in [2.24, 2.45) is 0 Å². The van der Waals surface area contributed by atoms with Crippen LogP contribution in [0.4, 0.5) is 0 Å². The van der Waals surface area contributed by atoms with Gasteiger partial charge in [0.2, 0.25) is 11.8 Å². The molecule has 2 heterocycles. The maximum Gasteiger partial charge on any atom is 0.370 e. The van der Waals surface area contributed by atoms with Crippen LogP contribution in [0.5, 0.6) is 11.5 Å². The highest BCUT2D eigenvalue weighted by Crippen LogP contribution is 2.36. The van der Waals surface area contributed by atoms with Gasteiger partial charge in [-0.25, -0.2) is 9.59 Å². The first-order chi connectivity index (χ1) is 25.5. The molecule has 2 aromatic rings. The van der Waals surface area contributed by atoms with Gasteiger partial charge in [-0.05, 0) is 42.7 Å². The number of allylic oxidation sites excluding steroid dienone is 1. The number of nitrogens with one attached hydrogen (secondary N) is 2. The summed E-state index contributed by atoms with van der Waals surface area (Å²) in [6.07, 6.45) is -0.285. The number of rotatable bonds is 17. The second-order valence-corrected chi connectivity index (χ2v) is 16.6. The molecule has 2 unspecified atom stereocenters. The third-order valence-corrected chi connectivity index (χ3v) is 11.2. The Hall–Kier alpha value is -5.03. The van der Waals surface area contributed by atoms with E-state index in [-0.39, 0.29) is 42.1 Å². The van der Waals surface area contributed by atoms with Gasteiger partial charge in [0, 0.05) is 41.7 Å². The van der Waals surface area contributed by atoms with E-state index in [2.05, 4.69) is 17.2 Å². The largest absolute Gasteiger partial charge is 0.496 e. The van der Waals surface area contributed by atoms with E-state index >= 15 is 0 Å². The summed E-state index contributed by atoms with van der Waals surface area (Å²) in [5.74, 6) is -3.47. The molecule has 290 valence electrons. The lowest BCUT2D eigenvalue weighted by atomic mass is 9.96. The summed E-state index contributed by atoms with van der Waals surface area (Å²) in [7, 11) is 4.44. The van der Waals surface area contributed by atoms with Crippen molar-refractivity contribution in [3.8, 4) is 11.5 Å². The van der Waals surface area contributed by atoms with E-state index < -0.39 is 60.7 Å². The van der Waals surface area contributed by atoms with E-state index in [1.54, 1.807) is 24.3 Å². The van der Waals surface area contributed by atoms with E-state index in [0.717, 1.165) is 10.6 Å². The minimum absolute atomic E-state index is 0.0580. The SMILES string of the molecule is C=C1CCC(=O)N1OC(=O)COc1ccc(C(NC(=O)C(CSSC(C)(C)C)NC(=O)CCC(=O)ON2C(=O)CCC2=O)c2ccc(C)cc2OC)cc1. The second kappa shape index (κ2) is 18.8. The first kappa shape index (κ1) is 41.7. The Morgan fingerprint density at radius 1 is 0.852 bits per heavy atom. The predicted molar refractivity (Wildman–Crippen MR) is 199 cm³/mol. The topological polar surface area (TPSA) is 187 Å². The highest BCUT2D eigenvalue weighted by Gasteiger charge is 2.33. The lowest BCUT2D eigenvalue weighted by molar-refractivity contribution is -0.197. The van der Waals surface area contributed by atoms with Crippen molar-refractivity contribution < 1.29 is 52.7 Å². The van der Waals surface area contributed by atoms with Crippen molar-refractivity contribution >= 4 is 63.1 Å². The van der Waals surface area contributed by atoms with Gasteiger partial charge in [-0.2, -0.15) is 0 Å². The van der Waals surface area contributed by atoms with Crippen molar-refractivity contribution in [1.29, 1.82) is 0 Å². The monoisotopic (exact) mass is 784 g/mol. The number of imide groups is 1. The van der Waals surface area contributed by atoms with E-state index in [4.69, 9.17) is 19.1 Å². The van der Waals surface area contributed by atoms with Crippen LogP contribution in [0.25, 0.3) is 0 Å². The Morgan fingerprint density at radius 3 is 2.09 bits per heavy atom. The molecule has 0 saturated carbocycles. The summed E-state index contributed by atoms with van der Waals surface area (Å²) in [4.78, 5) is 97.3. The van der Waals surface area contributed by atoms with Crippen LogP contribution in [0.3, 0.4) is 0 Å². The molecule has 15 nitrogen and oxygen atoms in total. The lowest BCUT2D eigenvalue weighted by Gasteiger charge is -2.26.